The van der Waals surface area contributed by atoms with Gasteiger partial charge in [-0.3, -0.25) is 0 Å². The zero-order valence-electron chi connectivity index (χ0n) is 8.80. The lowest BCUT2D eigenvalue weighted by molar-refractivity contribution is 0.302. The van der Waals surface area contributed by atoms with Gasteiger partial charge in [0.15, 0.2) is 0 Å². The molecule has 0 unspecified atom stereocenters. The molecule has 0 bridgehead atoms. The number of benzene rings is 1. The Bertz CT molecular complexity index is 310. The Morgan fingerprint density at radius 1 is 1.23 bits per heavy atom. The van der Waals surface area contributed by atoms with Gasteiger partial charge in [0, 0.05) is 0 Å². The second-order valence-electron chi connectivity index (χ2n) is 4.82. The van der Waals surface area contributed by atoms with E-state index in [1.807, 2.05) is 0 Å². The van der Waals surface area contributed by atoms with Gasteiger partial charge >= 0.3 is 0 Å². The molecule has 0 radical (unpaired) electrons. The van der Waals surface area contributed by atoms with Crippen LogP contribution in [0.1, 0.15) is 38.3 Å². The average Bonchev–Trinajstić information content (AvgIpc) is 2.13. The minimum atomic E-state index is 0.370. The maximum absolute atomic E-state index is 2.37. The highest BCUT2D eigenvalue weighted by Gasteiger charge is 2.32. The molecule has 0 heterocycles. The average molecular weight is 174 g/mol. The molecule has 0 saturated carbocycles. The van der Waals surface area contributed by atoms with Crippen molar-refractivity contribution < 1.29 is 0 Å². The van der Waals surface area contributed by atoms with Gasteiger partial charge in [-0.05, 0) is 35.3 Å². The predicted octanol–water partition coefficient (Wildman–Crippen LogP) is 3.55. The summed E-state index contributed by atoms with van der Waals surface area (Å²) >= 11 is 0. The fraction of sp³-hybridized carbons (Fsp3) is 0.538. The molecule has 1 aliphatic carbocycles. The second-order valence-corrected chi connectivity index (χ2v) is 4.82. The molecule has 1 aliphatic rings. The first-order valence-corrected chi connectivity index (χ1v) is 5.21. The van der Waals surface area contributed by atoms with Crippen molar-refractivity contribution in [1.82, 2.24) is 0 Å². The molecule has 0 N–H and O–H groups in total. The molecule has 1 atom stereocenters. The number of rotatable bonds is 0. The highest BCUT2D eigenvalue weighted by atomic mass is 14.4. The van der Waals surface area contributed by atoms with E-state index >= 15 is 0 Å². The number of aryl methyl sites for hydroxylation is 1. The van der Waals surface area contributed by atoms with Crippen molar-refractivity contribution in [3.05, 3.63) is 35.4 Å². The maximum atomic E-state index is 2.37. The van der Waals surface area contributed by atoms with Crippen molar-refractivity contribution >= 4 is 0 Å². The molecule has 0 fully saturated rings. The number of hydrogen-bond donors (Lipinski definition) is 0. The fourth-order valence-corrected chi connectivity index (χ4v) is 2.37. The molecule has 0 spiro atoms. The third kappa shape index (κ3) is 1.29. The Balaban J connectivity index is 2.52. The maximum Gasteiger partial charge on any atom is -0.00751 e. The molecule has 0 aliphatic heterocycles. The SMILES string of the molecule is C[C@H]1CCc2ccccc2C1(C)C. The summed E-state index contributed by atoms with van der Waals surface area (Å²) in [7, 11) is 0. The first-order chi connectivity index (χ1) is 6.12. The third-order valence-corrected chi connectivity index (χ3v) is 3.79. The van der Waals surface area contributed by atoms with Crippen LogP contribution in [0.3, 0.4) is 0 Å². The van der Waals surface area contributed by atoms with Gasteiger partial charge in [-0.1, -0.05) is 45.0 Å². The van der Waals surface area contributed by atoms with Crippen LogP contribution in [0.4, 0.5) is 0 Å². The van der Waals surface area contributed by atoms with Crippen LogP contribution in [0.15, 0.2) is 24.3 Å². The summed E-state index contributed by atoms with van der Waals surface area (Å²) in [6, 6.07) is 8.90. The lowest BCUT2D eigenvalue weighted by atomic mass is 9.66. The van der Waals surface area contributed by atoms with Crippen molar-refractivity contribution in [1.29, 1.82) is 0 Å². The van der Waals surface area contributed by atoms with E-state index in [0.717, 1.165) is 5.92 Å². The Hall–Kier alpha value is -0.780. The Morgan fingerprint density at radius 3 is 2.69 bits per heavy atom. The van der Waals surface area contributed by atoms with Gasteiger partial charge in [0.25, 0.3) is 0 Å². The van der Waals surface area contributed by atoms with Gasteiger partial charge in [0.05, 0.1) is 0 Å². The van der Waals surface area contributed by atoms with Gasteiger partial charge in [-0.25, -0.2) is 0 Å². The predicted molar refractivity (Wildman–Crippen MR) is 57.0 cm³/mol. The number of fused-ring (bicyclic) bond motifs is 1. The van der Waals surface area contributed by atoms with Crippen LogP contribution in [0.5, 0.6) is 0 Å². The van der Waals surface area contributed by atoms with E-state index < -0.39 is 0 Å². The normalized spacial score (nSPS) is 25.3. The molecule has 0 heteroatoms. The van der Waals surface area contributed by atoms with Crippen molar-refractivity contribution in [2.24, 2.45) is 5.92 Å². The molecule has 1 aromatic carbocycles. The van der Waals surface area contributed by atoms with Crippen molar-refractivity contribution in [2.45, 2.75) is 39.0 Å². The minimum absolute atomic E-state index is 0.370. The standard InChI is InChI=1S/C13H18/c1-10-8-9-11-6-4-5-7-12(11)13(10,2)3/h4-7,10H,8-9H2,1-3H3/t10-/m0/s1. The molecule has 1 aromatic rings. The fourth-order valence-electron chi connectivity index (χ4n) is 2.37. The van der Waals surface area contributed by atoms with Crippen molar-refractivity contribution in [3.8, 4) is 0 Å². The topological polar surface area (TPSA) is 0 Å². The minimum Gasteiger partial charge on any atom is -0.0620 e. The van der Waals surface area contributed by atoms with Crippen LogP contribution in [0, 0.1) is 5.92 Å². The quantitative estimate of drug-likeness (QED) is 0.564. The lowest BCUT2D eigenvalue weighted by Gasteiger charge is -2.38. The van der Waals surface area contributed by atoms with E-state index in [1.165, 1.54) is 12.8 Å². The van der Waals surface area contributed by atoms with E-state index in [4.69, 9.17) is 0 Å². The van der Waals surface area contributed by atoms with Crippen LogP contribution in [-0.4, -0.2) is 0 Å². The molecule has 0 saturated heterocycles. The van der Waals surface area contributed by atoms with Gasteiger partial charge < -0.3 is 0 Å². The zero-order valence-corrected chi connectivity index (χ0v) is 8.80. The van der Waals surface area contributed by atoms with E-state index in [-0.39, 0.29) is 0 Å². The first kappa shape index (κ1) is 8.80. The molecular formula is C13H18. The van der Waals surface area contributed by atoms with Crippen LogP contribution in [0.25, 0.3) is 0 Å². The Morgan fingerprint density at radius 2 is 1.92 bits per heavy atom. The largest absolute Gasteiger partial charge is 0.0620 e. The van der Waals surface area contributed by atoms with Gasteiger partial charge in [0.1, 0.15) is 0 Å². The highest BCUT2D eigenvalue weighted by molar-refractivity contribution is 5.36. The lowest BCUT2D eigenvalue weighted by Crippen LogP contribution is -2.32. The molecule has 0 amide bonds. The van der Waals surface area contributed by atoms with Gasteiger partial charge in [-0.15, -0.1) is 0 Å². The van der Waals surface area contributed by atoms with Crippen molar-refractivity contribution in [2.75, 3.05) is 0 Å². The van der Waals surface area contributed by atoms with E-state index in [1.54, 1.807) is 11.1 Å². The molecule has 2 rings (SSSR count). The van der Waals surface area contributed by atoms with Gasteiger partial charge in [-0.2, -0.15) is 0 Å². The van der Waals surface area contributed by atoms with Crippen LogP contribution in [0.2, 0.25) is 0 Å². The second kappa shape index (κ2) is 2.87. The zero-order chi connectivity index (χ0) is 9.47. The van der Waals surface area contributed by atoms with E-state index in [9.17, 15) is 0 Å². The summed E-state index contributed by atoms with van der Waals surface area (Å²) in [6.45, 7) is 7.11. The van der Waals surface area contributed by atoms with Gasteiger partial charge in [0.2, 0.25) is 0 Å². The summed E-state index contributed by atoms with van der Waals surface area (Å²) in [6.07, 6.45) is 2.60. The van der Waals surface area contributed by atoms with Crippen molar-refractivity contribution in [3.63, 3.8) is 0 Å². The molecule has 70 valence electrons. The molecule has 13 heavy (non-hydrogen) atoms. The van der Waals surface area contributed by atoms with Crippen LogP contribution in [-0.2, 0) is 11.8 Å². The summed E-state index contributed by atoms with van der Waals surface area (Å²) in [5.74, 6) is 0.808. The first-order valence-electron chi connectivity index (χ1n) is 5.21. The van der Waals surface area contributed by atoms with E-state index in [2.05, 4.69) is 45.0 Å². The highest BCUT2D eigenvalue weighted by Crippen LogP contribution is 2.40. The van der Waals surface area contributed by atoms with Crippen LogP contribution >= 0.6 is 0 Å². The summed E-state index contributed by atoms with van der Waals surface area (Å²) in [4.78, 5) is 0. The Kier molecular flexibility index (Phi) is 1.94. The Labute approximate surface area is 81.0 Å². The van der Waals surface area contributed by atoms with Crippen LogP contribution < -0.4 is 0 Å². The molecule has 0 aromatic heterocycles. The third-order valence-electron chi connectivity index (χ3n) is 3.79. The summed E-state index contributed by atoms with van der Waals surface area (Å²) < 4.78 is 0. The monoisotopic (exact) mass is 174 g/mol. The summed E-state index contributed by atoms with van der Waals surface area (Å²) in [5.41, 5.74) is 3.49. The number of hydrogen-bond acceptors (Lipinski definition) is 0. The molecule has 0 nitrogen and oxygen atoms in total. The smallest absolute Gasteiger partial charge is 0.00751 e. The van der Waals surface area contributed by atoms with E-state index in [0.29, 0.717) is 5.41 Å². The molecular weight excluding hydrogens is 156 g/mol. The summed E-state index contributed by atoms with van der Waals surface area (Å²) in [5, 5.41) is 0.